The van der Waals surface area contributed by atoms with E-state index in [2.05, 4.69) is 10.3 Å². The second-order valence-electron chi connectivity index (χ2n) is 1.88. The average Bonchev–Trinajstić information content (AvgIpc) is 2.14. The molecular weight excluding hydrogens is 136 g/mol. The van der Waals surface area contributed by atoms with Gasteiger partial charge in [-0.05, 0) is 11.8 Å². The highest BCUT2D eigenvalue weighted by atomic mass is 16.6. The number of hydrogen-bond acceptors (Lipinski definition) is 4. The molecule has 0 N–H and O–H groups in total. The Labute approximate surface area is 56.6 Å². The minimum Gasteiger partial charge on any atom is -0.358 e. The van der Waals surface area contributed by atoms with Crippen LogP contribution in [0.15, 0.2) is 0 Å². The van der Waals surface area contributed by atoms with E-state index in [1.54, 1.807) is 14.0 Å². The first-order chi connectivity index (χ1) is 4.63. The van der Waals surface area contributed by atoms with Crippen molar-refractivity contribution in [1.29, 1.82) is 0 Å². The molecule has 1 aromatic heterocycles. The van der Waals surface area contributed by atoms with E-state index < -0.39 is 4.92 Å². The van der Waals surface area contributed by atoms with Crippen LogP contribution in [0.2, 0.25) is 0 Å². The van der Waals surface area contributed by atoms with Crippen LogP contribution in [0.4, 0.5) is 5.82 Å². The van der Waals surface area contributed by atoms with Gasteiger partial charge in [0, 0.05) is 7.05 Å². The Morgan fingerprint density at radius 2 is 2.30 bits per heavy atom. The molecule has 54 valence electrons. The molecule has 0 aliphatic rings. The van der Waals surface area contributed by atoms with E-state index >= 15 is 0 Å². The highest BCUT2D eigenvalue weighted by molar-refractivity contribution is 5.21. The third-order valence-corrected chi connectivity index (χ3v) is 1.26. The molecule has 0 fully saturated rings. The van der Waals surface area contributed by atoms with Gasteiger partial charge in [0.25, 0.3) is 0 Å². The van der Waals surface area contributed by atoms with Gasteiger partial charge in [0.1, 0.15) is 10.8 Å². The van der Waals surface area contributed by atoms with Gasteiger partial charge >= 0.3 is 5.82 Å². The zero-order chi connectivity index (χ0) is 7.72. The number of aromatic nitrogens is 3. The molecule has 0 aliphatic carbocycles. The molecule has 6 nitrogen and oxygen atoms in total. The van der Waals surface area contributed by atoms with Gasteiger partial charge in [0.2, 0.25) is 0 Å². The molecule has 0 spiro atoms. The minimum absolute atomic E-state index is 0.178. The first-order valence-corrected chi connectivity index (χ1v) is 2.63. The number of rotatable bonds is 1. The van der Waals surface area contributed by atoms with Gasteiger partial charge in [-0.2, -0.15) is 0 Å². The van der Waals surface area contributed by atoms with Crippen LogP contribution in [0.5, 0.6) is 0 Å². The SMILES string of the molecule is Cc1c([N+](=O)[O-])nnn1C. The molecule has 0 aliphatic heterocycles. The Morgan fingerprint density at radius 1 is 1.70 bits per heavy atom. The first kappa shape index (κ1) is 6.66. The molecule has 0 unspecified atom stereocenters. The molecule has 0 saturated heterocycles. The predicted molar refractivity (Wildman–Crippen MR) is 32.4 cm³/mol. The summed E-state index contributed by atoms with van der Waals surface area (Å²) in [6, 6.07) is 0. The van der Waals surface area contributed by atoms with Crippen LogP contribution in [0, 0.1) is 17.0 Å². The highest BCUT2D eigenvalue weighted by Crippen LogP contribution is 2.09. The summed E-state index contributed by atoms with van der Waals surface area (Å²) in [5.41, 5.74) is 0.463. The van der Waals surface area contributed by atoms with Crippen LogP contribution in [-0.2, 0) is 7.05 Å². The van der Waals surface area contributed by atoms with Crippen LogP contribution in [0.3, 0.4) is 0 Å². The molecule has 1 rings (SSSR count). The van der Waals surface area contributed by atoms with Crippen molar-refractivity contribution in [2.45, 2.75) is 6.92 Å². The monoisotopic (exact) mass is 142 g/mol. The summed E-state index contributed by atoms with van der Waals surface area (Å²) in [4.78, 5) is 9.57. The molecule has 1 aromatic rings. The summed E-state index contributed by atoms with van der Waals surface area (Å²) in [6.07, 6.45) is 0. The Balaban J connectivity index is 3.17. The van der Waals surface area contributed by atoms with E-state index in [-0.39, 0.29) is 5.82 Å². The van der Waals surface area contributed by atoms with Crippen molar-refractivity contribution in [3.8, 4) is 0 Å². The molecule has 1 heterocycles. The minimum atomic E-state index is -0.553. The van der Waals surface area contributed by atoms with Crippen molar-refractivity contribution in [3.05, 3.63) is 15.8 Å². The van der Waals surface area contributed by atoms with Crippen LogP contribution in [0.1, 0.15) is 5.69 Å². The Kier molecular flexibility index (Phi) is 1.37. The van der Waals surface area contributed by atoms with Crippen LogP contribution in [0.25, 0.3) is 0 Å². The second kappa shape index (κ2) is 2.05. The fourth-order valence-electron chi connectivity index (χ4n) is 0.562. The largest absolute Gasteiger partial charge is 0.413 e. The lowest BCUT2D eigenvalue weighted by Gasteiger charge is -1.88. The van der Waals surface area contributed by atoms with Crippen molar-refractivity contribution >= 4 is 5.82 Å². The number of nitrogens with zero attached hydrogens (tertiary/aromatic N) is 4. The maximum atomic E-state index is 10.1. The Bertz CT molecular complexity index is 266. The van der Waals surface area contributed by atoms with E-state index in [1.807, 2.05) is 0 Å². The molecule has 10 heavy (non-hydrogen) atoms. The number of aryl methyl sites for hydroxylation is 1. The van der Waals surface area contributed by atoms with Crippen molar-refractivity contribution in [1.82, 2.24) is 15.0 Å². The molecule has 0 amide bonds. The maximum Gasteiger partial charge on any atom is 0.413 e. The summed E-state index contributed by atoms with van der Waals surface area (Å²) >= 11 is 0. The standard InChI is InChI=1S/C4H6N4O2/c1-3-4(8(9)10)5-6-7(3)2/h1-2H3. The van der Waals surface area contributed by atoms with Crippen LogP contribution in [-0.4, -0.2) is 19.9 Å². The highest BCUT2D eigenvalue weighted by Gasteiger charge is 2.16. The smallest absolute Gasteiger partial charge is 0.358 e. The molecule has 0 saturated carbocycles. The summed E-state index contributed by atoms with van der Waals surface area (Å²) in [5, 5.41) is 16.9. The van der Waals surface area contributed by atoms with Gasteiger partial charge in [0.05, 0.1) is 5.21 Å². The van der Waals surface area contributed by atoms with E-state index in [0.717, 1.165) is 0 Å². The van der Waals surface area contributed by atoms with Crippen molar-refractivity contribution in [3.63, 3.8) is 0 Å². The van der Waals surface area contributed by atoms with E-state index in [0.29, 0.717) is 5.69 Å². The molecule has 0 atom stereocenters. The lowest BCUT2D eigenvalue weighted by molar-refractivity contribution is -0.390. The predicted octanol–water partition coefficient (Wildman–Crippen LogP) is 0.0317. The summed E-state index contributed by atoms with van der Waals surface area (Å²) in [5.74, 6) is -0.178. The van der Waals surface area contributed by atoms with Gasteiger partial charge in [0.15, 0.2) is 0 Å². The third-order valence-electron chi connectivity index (χ3n) is 1.26. The summed E-state index contributed by atoms with van der Waals surface area (Å²) < 4.78 is 1.36. The topological polar surface area (TPSA) is 73.8 Å². The van der Waals surface area contributed by atoms with Crippen molar-refractivity contribution < 1.29 is 4.92 Å². The molecule has 6 heteroatoms. The molecule has 0 aromatic carbocycles. The molecule has 0 bridgehead atoms. The zero-order valence-corrected chi connectivity index (χ0v) is 5.61. The zero-order valence-electron chi connectivity index (χ0n) is 5.61. The van der Waals surface area contributed by atoms with Gasteiger partial charge in [-0.3, -0.25) is 0 Å². The normalized spacial score (nSPS) is 9.80. The number of nitro groups is 1. The van der Waals surface area contributed by atoms with Crippen molar-refractivity contribution in [2.75, 3.05) is 0 Å². The quantitative estimate of drug-likeness (QED) is 0.409. The van der Waals surface area contributed by atoms with Gasteiger partial charge in [-0.15, -0.1) is 0 Å². The van der Waals surface area contributed by atoms with Gasteiger partial charge in [-0.1, -0.05) is 0 Å². The van der Waals surface area contributed by atoms with E-state index in [1.165, 1.54) is 4.68 Å². The van der Waals surface area contributed by atoms with Crippen molar-refractivity contribution in [2.24, 2.45) is 7.05 Å². The maximum absolute atomic E-state index is 10.1. The molecule has 0 radical (unpaired) electrons. The summed E-state index contributed by atoms with van der Waals surface area (Å²) in [7, 11) is 1.61. The average molecular weight is 142 g/mol. The Morgan fingerprint density at radius 3 is 2.50 bits per heavy atom. The van der Waals surface area contributed by atoms with Gasteiger partial charge < -0.3 is 10.1 Å². The van der Waals surface area contributed by atoms with E-state index in [9.17, 15) is 10.1 Å². The first-order valence-electron chi connectivity index (χ1n) is 2.63. The lowest BCUT2D eigenvalue weighted by Crippen LogP contribution is -1.94. The third kappa shape index (κ3) is 0.831. The van der Waals surface area contributed by atoms with E-state index in [4.69, 9.17) is 0 Å². The fraction of sp³-hybridized carbons (Fsp3) is 0.500. The number of hydrogen-bond donors (Lipinski definition) is 0. The fourth-order valence-corrected chi connectivity index (χ4v) is 0.562. The lowest BCUT2D eigenvalue weighted by atomic mass is 10.5. The van der Waals surface area contributed by atoms with Crippen LogP contribution < -0.4 is 0 Å². The molecular formula is C4H6N4O2. The summed E-state index contributed by atoms with van der Waals surface area (Å²) in [6.45, 7) is 1.60. The Hall–Kier alpha value is -1.46. The van der Waals surface area contributed by atoms with Gasteiger partial charge in [-0.25, -0.2) is 4.68 Å². The second-order valence-corrected chi connectivity index (χ2v) is 1.88. The van der Waals surface area contributed by atoms with Crippen LogP contribution >= 0.6 is 0 Å².